The number of nitrogens with two attached hydrogens (primary N) is 1. The molecule has 1 aliphatic rings. The molecule has 1 fully saturated rings. The van der Waals surface area contributed by atoms with Crippen molar-refractivity contribution in [3.63, 3.8) is 0 Å². The van der Waals surface area contributed by atoms with Gasteiger partial charge in [-0.05, 0) is 12.8 Å². The Morgan fingerprint density at radius 3 is 2.95 bits per heavy atom. The van der Waals surface area contributed by atoms with Crippen molar-refractivity contribution in [1.82, 2.24) is 24.8 Å². The first-order chi connectivity index (χ1) is 10.6. The van der Waals surface area contributed by atoms with E-state index in [2.05, 4.69) is 25.3 Å². The predicted octanol–water partition coefficient (Wildman–Crippen LogP) is 1.14. The average molecular weight is 303 g/mol. The molecule has 0 unspecified atom stereocenters. The Bertz CT molecular complexity index is 662. The third-order valence-electron chi connectivity index (χ3n) is 4.23. The van der Waals surface area contributed by atoms with Gasteiger partial charge in [0.2, 0.25) is 11.9 Å². The van der Waals surface area contributed by atoms with E-state index in [-0.39, 0.29) is 18.4 Å². The maximum Gasteiger partial charge on any atom is 0.241 e. The largest absolute Gasteiger partial charge is 0.368 e. The van der Waals surface area contributed by atoms with Gasteiger partial charge in [0.05, 0.1) is 12.9 Å². The number of aromatic amines is 1. The third kappa shape index (κ3) is 2.95. The van der Waals surface area contributed by atoms with E-state index in [1.807, 2.05) is 11.9 Å². The summed E-state index contributed by atoms with van der Waals surface area (Å²) >= 11 is 0. The zero-order chi connectivity index (χ0) is 15.5. The summed E-state index contributed by atoms with van der Waals surface area (Å²) < 4.78 is 0. The van der Waals surface area contributed by atoms with Gasteiger partial charge in [0.15, 0.2) is 11.5 Å². The average Bonchev–Trinajstić information content (AvgIpc) is 3.00. The van der Waals surface area contributed by atoms with E-state index in [4.69, 9.17) is 5.73 Å². The number of carbonyl (C=O) groups excluding carboxylic acids is 1. The molecule has 8 heteroatoms. The van der Waals surface area contributed by atoms with Crippen LogP contribution in [-0.2, 0) is 4.79 Å². The summed E-state index contributed by atoms with van der Waals surface area (Å²) in [5.74, 6) is 0.692. The number of nitrogens with one attached hydrogen (secondary N) is 2. The van der Waals surface area contributed by atoms with Crippen LogP contribution >= 0.6 is 0 Å². The van der Waals surface area contributed by atoms with Crippen LogP contribution in [0, 0.1) is 0 Å². The quantitative estimate of drug-likeness (QED) is 0.780. The summed E-state index contributed by atoms with van der Waals surface area (Å²) in [6.07, 6.45) is 7.38. The Kier molecular flexibility index (Phi) is 4.08. The summed E-state index contributed by atoms with van der Waals surface area (Å²) in [4.78, 5) is 29.3. The van der Waals surface area contributed by atoms with Crippen LogP contribution < -0.4 is 11.1 Å². The lowest BCUT2D eigenvalue weighted by molar-refractivity contribution is -0.130. The second-order valence-electron chi connectivity index (χ2n) is 5.68. The predicted molar refractivity (Wildman–Crippen MR) is 84.2 cm³/mol. The maximum atomic E-state index is 12.3. The number of fused-ring (bicyclic) bond motifs is 1. The Balaban J connectivity index is 1.65. The molecule has 22 heavy (non-hydrogen) atoms. The molecular weight excluding hydrogens is 282 g/mol. The number of carbonyl (C=O) groups is 1. The van der Waals surface area contributed by atoms with Crippen molar-refractivity contribution in [3.05, 3.63) is 6.33 Å². The summed E-state index contributed by atoms with van der Waals surface area (Å²) in [6.45, 7) is 0.178. The van der Waals surface area contributed by atoms with Crippen LogP contribution in [-0.4, -0.2) is 50.4 Å². The topological polar surface area (TPSA) is 113 Å². The Hall–Kier alpha value is -2.38. The molecule has 0 saturated heterocycles. The number of aromatic nitrogens is 4. The van der Waals surface area contributed by atoms with Crippen molar-refractivity contribution in [2.24, 2.45) is 0 Å². The lowest BCUT2D eigenvalue weighted by atomic mass is 9.94. The van der Waals surface area contributed by atoms with E-state index < -0.39 is 0 Å². The smallest absolute Gasteiger partial charge is 0.241 e. The van der Waals surface area contributed by atoms with Crippen LogP contribution in [0.5, 0.6) is 0 Å². The number of anilines is 2. The molecule has 0 bridgehead atoms. The number of imidazole rings is 1. The summed E-state index contributed by atoms with van der Waals surface area (Å²) in [5, 5.41) is 3.04. The molecule has 0 radical (unpaired) electrons. The Morgan fingerprint density at radius 2 is 2.18 bits per heavy atom. The van der Waals surface area contributed by atoms with Crippen LogP contribution in [0.2, 0.25) is 0 Å². The standard InChI is InChI=1S/C14H21N7O/c1-21(9-5-3-2-4-6-9)10(22)7-16-12-11-13(18-8-17-11)20-14(15)19-12/h8-9H,2-7H2,1H3,(H4,15,16,17,18,19,20). The number of amides is 1. The van der Waals surface area contributed by atoms with Crippen molar-refractivity contribution in [1.29, 1.82) is 0 Å². The van der Waals surface area contributed by atoms with Crippen molar-refractivity contribution < 1.29 is 4.79 Å². The number of nitrogens with zero attached hydrogens (tertiary/aromatic N) is 4. The number of likely N-dealkylation sites (N-methyl/N-ethyl adjacent to an activating group) is 1. The van der Waals surface area contributed by atoms with E-state index in [0.717, 1.165) is 12.8 Å². The molecule has 8 nitrogen and oxygen atoms in total. The van der Waals surface area contributed by atoms with Crippen molar-refractivity contribution in [2.45, 2.75) is 38.1 Å². The van der Waals surface area contributed by atoms with Gasteiger partial charge in [0.25, 0.3) is 0 Å². The highest BCUT2D eigenvalue weighted by atomic mass is 16.2. The minimum Gasteiger partial charge on any atom is -0.368 e. The second kappa shape index (κ2) is 6.17. The number of H-pyrrole nitrogens is 1. The number of rotatable bonds is 4. The second-order valence-corrected chi connectivity index (χ2v) is 5.68. The first-order valence-corrected chi connectivity index (χ1v) is 7.61. The van der Waals surface area contributed by atoms with Gasteiger partial charge in [-0.25, -0.2) is 4.98 Å². The summed E-state index contributed by atoms with van der Waals surface area (Å²) in [5.41, 5.74) is 6.80. The van der Waals surface area contributed by atoms with Gasteiger partial charge in [0.1, 0.15) is 5.52 Å². The van der Waals surface area contributed by atoms with Gasteiger partial charge in [-0.3, -0.25) is 4.79 Å². The highest BCUT2D eigenvalue weighted by Gasteiger charge is 2.22. The first kappa shape index (κ1) is 14.6. The molecule has 3 rings (SSSR count). The minimum absolute atomic E-state index is 0.0525. The zero-order valence-electron chi connectivity index (χ0n) is 12.7. The molecule has 0 aliphatic heterocycles. The minimum atomic E-state index is 0.0525. The van der Waals surface area contributed by atoms with E-state index >= 15 is 0 Å². The normalized spacial score (nSPS) is 15.9. The van der Waals surface area contributed by atoms with Gasteiger partial charge < -0.3 is 20.9 Å². The summed E-state index contributed by atoms with van der Waals surface area (Å²) in [7, 11) is 1.88. The fourth-order valence-corrected chi connectivity index (χ4v) is 2.93. The zero-order valence-corrected chi connectivity index (χ0v) is 12.7. The van der Waals surface area contributed by atoms with Gasteiger partial charge >= 0.3 is 0 Å². The molecule has 1 saturated carbocycles. The molecule has 2 aromatic heterocycles. The first-order valence-electron chi connectivity index (χ1n) is 7.61. The van der Waals surface area contributed by atoms with E-state index in [1.54, 1.807) is 0 Å². The van der Waals surface area contributed by atoms with Crippen LogP contribution in [0.1, 0.15) is 32.1 Å². The highest BCUT2D eigenvalue weighted by molar-refractivity contribution is 5.87. The molecule has 2 aromatic rings. The molecule has 0 spiro atoms. The molecule has 1 aliphatic carbocycles. The SMILES string of the molecule is CN(C(=O)CNc1nc(N)nc2nc[nH]c12)C1CCCCC1. The monoisotopic (exact) mass is 303 g/mol. The van der Waals surface area contributed by atoms with Crippen LogP contribution in [0.25, 0.3) is 11.2 Å². The van der Waals surface area contributed by atoms with Crippen LogP contribution in [0.3, 0.4) is 0 Å². The molecule has 1 amide bonds. The van der Waals surface area contributed by atoms with Gasteiger partial charge in [-0.2, -0.15) is 9.97 Å². The lowest BCUT2D eigenvalue weighted by Gasteiger charge is -2.31. The molecular formula is C14H21N7O. The third-order valence-corrected chi connectivity index (χ3v) is 4.23. The number of hydrogen-bond donors (Lipinski definition) is 3. The fraction of sp³-hybridized carbons (Fsp3) is 0.571. The van der Waals surface area contributed by atoms with Gasteiger partial charge in [-0.15, -0.1) is 0 Å². The molecule has 118 valence electrons. The van der Waals surface area contributed by atoms with E-state index in [1.165, 1.54) is 25.6 Å². The maximum absolute atomic E-state index is 12.3. The van der Waals surface area contributed by atoms with Gasteiger partial charge in [-0.1, -0.05) is 19.3 Å². The van der Waals surface area contributed by atoms with Crippen molar-refractivity contribution >= 4 is 28.8 Å². The van der Waals surface area contributed by atoms with Crippen LogP contribution in [0.4, 0.5) is 11.8 Å². The molecule has 4 N–H and O–H groups in total. The Labute approximate surface area is 128 Å². The van der Waals surface area contributed by atoms with Crippen LogP contribution in [0.15, 0.2) is 6.33 Å². The number of hydrogen-bond acceptors (Lipinski definition) is 6. The molecule has 0 atom stereocenters. The number of nitrogen functional groups attached to an aromatic ring is 1. The lowest BCUT2D eigenvalue weighted by Crippen LogP contribution is -2.41. The summed E-state index contributed by atoms with van der Waals surface area (Å²) in [6, 6.07) is 0.352. The van der Waals surface area contributed by atoms with E-state index in [0.29, 0.717) is 23.0 Å². The fourth-order valence-electron chi connectivity index (χ4n) is 2.93. The van der Waals surface area contributed by atoms with Crippen molar-refractivity contribution in [2.75, 3.05) is 24.6 Å². The Morgan fingerprint density at radius 1 is 1.41 bits per heavy atom. The van der Waals surface area contributed by atoms with Crippen molar-refractivity contribution in [3.8, 4) is 0 Å². The highest BCUT2D eigenvalue weighted by Crippen LogP contribution is 2.22. The molecule has 2 heterocycles. The molecule has 0 aromatic carbocycles. The van der Waals surface area contributed by atoms with E-state index in [9.17, 15) is 4.79 Å². The van der Waals surface area contributed by atoms with Gasteiger partial charge in [0, 0.05) is 13.1 Å².